The third-order valence-electron chi connectivity index (χ3n) is 8.55. The third kappa shape index (κ3) is 4.52. The molecule has 0 N–H and O–H groups in total. The largest absolute Gasteiger partial charge is 0.330 e. The first-order valence-electron chi connectivity index (χ1n) is 13.7. The topological polar surface area (TPSA) is 30.7 Å². The first kappa shape index (κ1) is 23.2. The van der Waals surface area contributed by atoms with Gasteiger partial charge in [-0.15, -0.1) is 0 Å². The number of aromatic nitrogens is 3. The van der Waals surface area contributed by atoms with E-state index in [4.69, 9.17) is 9.97 Å². The summed E-state index contributed by atoms with van der Waals surface area (Å²) in [5, 5.41) is 0. The van der Waals surface area contributed by atoms with Crippen molar-refractivity contribution in [1.82, 2.24) is 14.5 Å². The van der Waals surface area contributed by atoms with E-state index >= 15 is 0 Å². The fourth-order valence-electron chi connectivity index (χ4n) is 6.16. The van der Waals surface area contributed by atoms with Crippen LogP contribution in [0.25, 0.3) is 33.9 Å². The van der Waals surface area contributed by atoms with Gasteiger partial charge in [-0.3, -0.25) is 0 Å². The fraction of sp³-hybridized carbons (Fsp3) is 0.394. The number of aryl methyl sites for hydroxylation is 1. The highest BCUT2D eigenvalue weighted by molar-refractivity contribution is 5.75. The van der Waals surface area contributed by atoms with Crippen molar-refractivity contribution in [2.75, 3.05) is 0 Å². The quantitative estimate of drug-likeness (QED) is 0.297. The summed E-state index contributed by atoms with van der Waals surface area (Å²) in [6, 6.07) is 24.3. The minimum atomic E-state index is 0.502. The second-order valence-electron chi connectivity index (χ2n) is 11.6. The molecular weight excluding hydrogens is 438 g/mol. The second-order valence-corrected chi connectivity index (χ2v) is 11.6. The predicted octanol–water partition coefficient (Wildman–Crippen LogP) is 8.38. The fourth-order valence-corrected chi connectivity index (χ4v) is 6.16. The van der Waals surface area contributed by atoms with Crippen LogP contribution in [0.5, 0.6) is 0 Å². The van der Waals surface area contributed by atoms with Gasteiger partial charge in [0.25, 0.3) is 0 Å². The average Bonchev–Trinajstić information content (AvgIpc) is 3.25. The molecule has 0 amide bonds. The van der Waals surface area contributed by atoms with Gasteiger partial charge >= 0.3 is 0 Å². The maximum atomic E-state index is 5.12. The van der Waals surface area contributed by atoms with Gasteiger partial charge < -0.3 is 4.57 Å². The number of rotatable bonds is 4. The number of hydrogen-bond acceptors (Lipinski definition) is 2. The average molecular weight is 476 g/mol. The highest BCUT2D eigenvalue weighted by Gasteiger charge is 2.27. The summed E-state index contributed by atoms with van der Waals surface area (Å²) in [6.07, 6.45) is 9.92. The molecule has 3 nitrogen and oxygen atoms in total. The zero-order valence-corrected chi connectivity index (χ0v) is 21.9. The van der Waals surface area contributed by atoms with E-state index in [9.17, 15) is 0 Å². The molecule has 2 aliphatic rings. The summed E-state index contributed by atoms with van der Waals surface area (Å²) in [6.45, 7) is 4.82. The zero-order valence-electron chi connectivity index (χ0n) is 21.9. The molecule has 2 heterocycles. The third-order valence-corrected chi connectivity index (χ3v) is 8.55. The van der Waals surface area contributed by atoms with Crippen LogP contribution < -0.4 is 0 Å². The van der Waals surface area contributed by atoms with Gasteiger partial charge in [0.2, 0.25) is 0 Å². The summed E-state index contributed by atoms with van der Waals surface area (Å²) >= 11 is 0. The molecule has 184 valence electrons. The van der Waals surface area contributed by atoms with Crippen LogP contribution in [0, 0.1) is 5.41 Å². The molecule has 2 aliphatic carbocycles. The van der Waals surface area contributed by atoms with Crippen molar-refractivity contribution in [3.05, 3.63) is 83.7 Å². The lowest BCUT2D eigenvalue weighted by molar-refractivity contribution is 0.224. The molecule has 2 aromatic carbocycles. The van der Waals surface area contributed by atoms with Gasteiger partial charge in [0, 0.05) is 18.3 Å². The predicted molar refractivity (Wildman–Crippen MR) is 149 cm³/mol. The Hall–Kier alpha value is -3.20. The molecule has 0 saturated heterocycles. The van der Waals surface area contributed by atoms with E-state index in [1.165, 1.54) is 66.6 Å². The van der Waals surface area contributed by atoms with Crippen molar-refractivity contribution in [2.24, 2.45) is 12.5 Å². The first-order chi connectivity index (χ1) is 17.5. The van der Waals surface area contributed by atoms with Crippen LogP contribution in [0.3, 0.4) is 0 Å². The van der Waals surface area contributed by atoms with Crippen LogP contribution >= 0.6 is 0 Å². The molecule has 0 spiro atoms. The smallest absolute Gasteiger partial charge is 0.158 e. The van der Waals surface area contributed by atoms with Crippen molar-refractivity contribution in [1.29, 1.82) is 0 Å². The van der Waals surface area contributed by atoms with Crippen LogP contribution in [-0.4, -0.2) is 14.5 Å². The van der Waals surface area contributed by atoms with Crippen molar-refractivity contribution < 1.29 is 0 Å². The van der Waals surface area contributed by atoms with Crippen LogP contribution in [-0.2, 0) is 19.9 Å². The first-order valence-corrected chi connectivity index (χ1v) is 13.7. The molecule has 0 aliphatic heterocycles. The molecule has 3 heteroatoms. The van der Waals surface area contributed by atoms with Crippen molar-refractivity contribution in [3.8, 4) is 33.9 Å². The summed E-state index contributed by atoms with van der Waals surface area (Å²) < 4.78 is 2.28. The van der Waals surface area contributed by atoms with Crippen molar-refractivity contribution in [3.63, 3.8) is 0 Å². The summed E-state index contributed by atoms with van der Waals surface area (Å²) in [7, 11) is 2.16. The molecule has 4 aromatic rings. The molecule has 0 bridgehead atoms. The lowest BCUT2D eigenvalue weighted by atomic mass is 9.71. The van der Waals surface area contributed by atoms with E-state index in [1.807, 2.05) is 0 Å². The molecule has 36 heavy (non-hydrogen) atoms. The van der Waals surface area contributed by atoms with Gasteiger partial charge in [-0.2, -0.15) is 0 Å². The van der Waals surface area contributed by atoms with Crippen LogP contribution in [0.15, 0.2) is 66.7 Å². The van der Waals surface area contributed by atoms with Crippen LogP contribution in [0.4, 0.5) is 0 Å². The Bertz CT molecular complexity index is 1350. The van der Waals surface area contributed by atoms with Crippen molar-refractivity contribution >= 4 is 0 Å². The maximum Gasteiger partial charge on any atom is 0.158 e. The number of pyridine rings is 1. The van der Waals surface area contributed by atoms with E-state index in [1.54, 1.807) is 0 Å². The molecule has 2 aromatic heterocycles. The normalized spacial score (nSPS) is 17.6. The van der Waals surface area contributed by atoms with Gasteiger partial charge in [-0.05, 0) is 91.5 Å². The number of benzene rings is 2. The van der Waals surface area contributed by atoms with Gasteiger partial charge in [0.1, 0.15) is 5.69 Å². The van der Waals surface area contributed by atoms with E-state index < -0.39 is 0 Å². The number of hydrogen-bond donors (Lipinski definition) is 0. The van der Waals surface area contributed by atoms with Crippen LogP contribution in [0.2, 0.25) is 0 Å². The highest BCUT2D eigenvalue weighted by Crippen LogP contribution is 2.42. The Balaban J connectivity index is 1.39. The van der Waals surface area contributed by atoms with Gasteiger partial charge in [-0.1, -0.05) is 68.4 Å². The van der Waals surface area contributed by atoms with E-state index in [2.05, 4.69) is 92.2 Å². The highest BCUT2D eigenvalue weighted by atomic mass is 15.1. The monoisotopic (exact) mass is 475 g/mol. The SMILES string of the molecule is Cn1c(-c2cc(-c3ccc(C4CCC(C)(C)CC4)cc3)cc(-c3ccccc3)n2)nc2c1CCCC2. The minimum Gasteiger partial charge on any atom is -0.330 e. The number of imidazole rings is 1. The van der Waals surface area contributed by atoms with E-state index in [-0.39, 0.29) is 0 Å². The Morgan fingerprint density at radius 3 is 2.17 bits per heavy atom. The molecule has 0 atom stereocenters. The summed E-state index contributed by atoms with van der Waals surface area (Å²) in [5.74, 6) is 1.68. The second kappa shape index (κ2) is 9.35. The molecule has 6 rings (SSSR count). The van der Waals surface area contributed by atoms with Gasteiger partial charge in [0.15, 0.2) is 5.82 Å². The molecule has 1 fully saturated rings. The van der Waals surface area contributed by atoms with E-state index in [0.717, 1.165) is 35.6 Å². The lowest BCUT2D eigenvalue weighted by Gasteiger charge is -2.34. The standard InChI is InChI=1S/C33H37N3/c1-33(2)19-17-25(18-20-33)23-13-15-24(16-14-23)27-21-29(26-9-5-4-6-10-26)34-30(22-27)32-35-28-11-7-8-12-31(28)36(32)3/h4-6,9-10,13-16,21-22,25H,7-8,11-12,17-20H2,1-3H3. The Kier molecular flexibility index (Phi) is 6.03. The Labute approximate surface area is 215 Å². The number of fused-ring (bicyclic) bond motifs is 1. The lowest BCUT2D eigenvalue weighted by Crippen LogP contribution is -2.20. The summed E-state index contributed by atoms with van der Waals surface area (Å²) in [5.41, 5.74) is 10.2. The van der Waals surface area contributed by atoms with Crippen LogP contribution in [0.1, 0.15) is 75.2 Å². The maximum absolute atomic E-state index is 5.12. The van der Waals surface area contributed by atoms with Crippen molar-refractivity contribution in [2.45, 2.75) is 71.1 Å². The number of nitrogens with zero attached hydrogens (tertiary/aromatic N) is 3. The minimum absolute atomic E-state index is 0.502. The Morgan fingerprint density at radius 1 is 0.750 bits per heavy atom. The summed E-state index contributed by atoms with van der Waals surface area (Å²) in [4.78, 5) is 10.2. The van der Waals surface area contributed by atoms with E-state index in [0.29, 0.717) is 11.3 Å². The molecule has 1 saturated carbocycles. The zero-order chi connectivity index (χ0) is 24.7. The molecule has 0 unspecified atom stereocenters. The molecule has 0 radical (unpaired) electrons. The Morgan fingerprint density at radius 2 is 1.44 bits per heavy atom. The van der Waals surface area contributed by atoms with Gasteiger partial charge in [0.05, 0.1) is 11.4 Å². The molecular formula is C33H37N3. The van der Waals surface area contributed by atoms with Gasteiger partial charge in [-0.25, -0.2) is 9.97 Å².